The van der Waals surface area contributed by atoms with Crippen molar-refractivity contribution >= 4 is 46.1 Å². The Morgan fingerprint density at radius 1 is 0.859 bits per heavy atom. The number of anilines is 3. The van der Waals surface area contributed by atoms with Gasteiger partial charge in [0.25, 0.3) is 0 Å². The molecule has 0 aliphatic carbocycles. The van der Waals surface area contributed by atoms with Crippen LogP contribution < -0.4 is 20.0 Å². The number of carbonyl (C=O) groups is 3. The number of ether oxygens (including phenoxy) is 1. The van der Waals surface area contributed by atoms with Crippen molar-refractivity contribution in [2.45, 2.75) is 59.2 Å². The number of piperazine rings is 2. The lowest BCUT2D eigenvalue weighted by atomic mass is 9.89. The fraction of sp³-hybridized carbons (Fsp3) is 0.469. The number of aromatic amines is 1. The average molecular weight is 866 g/mol. The standard InChI is InChI=1S/C49H59N11O4/c1-32(2)25-56-16-19-58(46(62)28-56)27-37-5-4-35(20-33(37)3)47-41-23-42(53-48(41)52-31-51-47)36-6-9-44(50-24-36)57-17-14-55(15-18-57)26-34-10-12-59-40(21-34)30-64-29-38-22-39(7-8-43(38)59)60-13-11-45(61)54-49(60)63/h4-9,20,22-24,31-32,34,40H,10-19,21,25-30H2,1-3H3,(H,51,52,53)(H,54,61,63)/t34?,40-/m0/s1. The zero-order chi connectivity index (χ0) is 43.9. The van der Waals surface area contributed by atoms with Crippen LogP contribution in [0.1, 0.15) is 49.8 Å². The molecule has 4 amide bonds. The first kappa shape index (κ1) is 42.1. The number of piperidine rings is 1. The van der Waals surface area contributed by atoms with Gasteiger partial charge in [-0.15, -0.1) is 0 Å². The minimum absolute atomic E-state index is 0.200. The molecule has 0 saturated carbocycles. The predicted molar refractivity (Wildman–Crippen MR) is 248 cm³/mol. The molecule has 4 saturated heterocycles. The van der Waals surface area contributed by atoms with Crippen LogP contribution in [0.5, 0.6) is 0 Å². The Balaban J connectivity index is 0.729. The van der Waals surface area contributed by atoms with Crippen LogP contribution in [0.3, 0.4) is 0 Å². The van der Waals surface area contributed by atoms with Gasteiger partial charge in [0.15, 0.2) is 0 Å². The smallest absolute Gasteiger partial charge is 0.328 e. The maximum atomic E-state index is 13.0. The van der Waals surface area contributed by atoms with E-state index in [-0.39, 0.29) is 17.8 Å². The number of benzene rings is 2. The van der Waals surface area contributed by atoms with Gasteiger partial charge in [-0.1, -0.05) is 26.0 Å². The average Bonchev–Trinajstić information content (AvgIpc) is 3.65. The zero-order valence-corrected chi connectivity index (χ0v) is 37.3. The van der Waals surface area contributed by atoms with Crippen molar-refractivity contribution in [3.63, 3.8) is 0 Å². The Morgan fingerprint density at radius 3 is 2.48 bits per heavy atom. The van der Waals surface area contributed by atoms with Crippen molar-refractivity contribution in [1.82, 2.24) is 40.0 Å². The summed E-state index contributed by atoms with van der Waals surface area (Å²) >= 11 is 0. The van der Waals surface area contributed by atoms with Gasteiger partial charge in [-0.05, 0) is 85.2 Å². The number of carbonyl (C=O) groups excluding carboxylic acids is 3. The van der Waals surface area contributed by atoms with Gasteiger partial charge in [-0.2, -0.15) is 0 Å². The van der Waals surface area contributed by atoms with Crippen LogP contribution in [-0.2, 0) is 27.5 Å². The normalized spacial score (nSPS) is 21.3. The molecule has 5 aliphatic rings. The van der Waals surface area contributed by atoms with Crippen molar-refractivity contribution in [3.8, 4) is 22.5 Å². The van der Waals surface area contributed by atoms with Gasteiger partial charge in [0, 0.05) is 124 Å². The second-order valence-electron chi connectivity index (χ2n) is 18.8. The molecule has 2 aromatic carbocycles. The Hall–Kier alpha value is -5.90. The largest absolute Gasteiger partial charge is 0.375 e. The topological polar surface area (TPSA) is 146 Å². The van der Waals surface area contributed by atoms with E-state index >= 15 is 0 Å². The Morgan fingerprint density at radius 2 is 1.70 bits per heavy atom. The first-order chi connectivity index (χ1) is 31.1. The van der Waals surface area contributed by atoms with Crippen molar-refractivity contribution in [2.75, 3.05) is 93.3 Å². The highest BCUT2D eigenvalue weighted by Gasteiger charge is 2.34. The number of urea groups is 1. The van der Waals surface area contributed by atoms with Crippen LogP contribution in [0.25, 0.3) is 33.5 Å². The quantitative estimate of drug-likeness (QED) is 0.179. The molecule has 2 N–H and O–H groups in total. The molecular weight excluding hydrogens is 807 g/mol. The van der Waals surface area contributed by atoms with E-state index in [1.165, 1.54) is 5.69 Å². The molecule has 5 aromatic rings. The van der Waals surface area contributed by atoms with E-state index in [0.29, 0.717) is 57.1 Å². The summed E-state index contributed by atoms with van der Waals surface area (Å²) in [4.78, 5) is 68.3. The second-order valence-corrected chi connectivity index (χ2v) is 18.8. The van der Waals surface area contributed by atoms with Crippen LogP contribution in [0, 0.1) is 18.8 Å². The van der Waals surface area contributed by atoms with Crippen LogP contribution in [0.4, 0.5) is 22.0 Å². The van der Waals surface area contributed by atoms with Crippen molar-refractivity contribution < 1.29 is 19.1 Å². The molecule has 3 aromatic heterocycles. The number of hydrogen-bond acceptors (Lipinski definition) is 11. The molecule has 4 fully saturated rings. The number of imide groups is 1. The molecular formula is C49H59N11O4. The monoisotopic (exact) mass is 865 g/mol. The van der Waals surface area contributed by atoms with Gasteiger partial charge in [0.05, 0.1) is 31.5 Å². The number of rotatable bonds is 10. The molecule has 15 heteroatoms. The molecule has 15 nitrogen and oxygen atoms in total. The van der Waals surface area contributed by atoms with Crippen molar-refractivity contribution in [2.24, 2.45) is 11.8 Å². The molecule has 10 rings (SSSR count). The first-order valence-electron chi connectivity index (χ1n) is 23.1. The number of amides is 4. The molecule has 8 heterocycles. The lowest BCUT2D eigenvalue weighted by Gasteiger charge is -2.43. The number of hydrogen-bond donors (Lipinski definition) is 2. The molecule has 0 radical (unpaired) electrons. The maximum Gasteiger partial charge on any atom is 0.328 e. The molecule has 64 heavy (non-hydrogen) atoms. The van der Waals surface area contributed by atoms with Gasteiger partial charge in [-0.25, -0.2) is 19.7 Å². The molecule has 5 aliphatic heterocycles. The highest BCUT2D eigenvalue weighted by molar-refractivity contribution is 6.05. The van der Waals surface area contributed by atoms with Crippen LogP contribution in [0.2, 0.25) is 0 Å². The summed E-state index contributed by atoms with van der Waals surface area (Å²) in [6.45, 7) is 17.8. The third-order valence-corrected chi connectivity index (χ3v) is 13.8. The summed E-state index contributed by atoms with van der Waals surface area (Å²) in [5.41, 5.74) is 10.0. The summed E-state index contributed by atoms with van der Waals surface area (Å²) in [6.07, 6.45) is 6.10. The Kier molecular flexibility index (Phi) is 11.8. The minimum atomic E-state index is -0.362. The molecule has 334 valence electrons. The van der Waals surface area contributed by atoms with E-state index in [4.69, 9.17) is 14.7 Å². The van der Waals surface area contributed by atoms with Gasteiger partial charge >= 0.3 is 6.03 Å². The van der Waals surface area contributed by atoms with E-state index in [9.17, 15) is 14.4 Å². The fourth-order valence-corrected chi connectivity index (χ4v) is 10.4. The van der Waals surface area contributed by atoms with Crippen LogP contribution >= 0.6 is 0 Å². The SMILES string of the molecule is Cc1cc(-c2ncnc3[nH]c(-c4ccc(N5CCN(CC6CCN7c8ccc(N9CCC(=O)NC9=O)cc8COC[C@@H]7C6)CC5)nc4)cc23)ccc1CN1CCN(CC(C)C)CC1=O. The lowest BCUT2D eigenvalue weighted by molar-refractivity contribution is -0.136. The zero-order valence-electron chi connectivity index (χ0n) is 37.3. The van der Waals surface area contributed by atoms with Gasteiger partial charge < -0.3 is 24.4 Å². The lowest BCUT2D eigenvalue weighted by Crippen LogP contribution is -2.51. The summed E-state index contributed by atoms with van der Waals surface area (Å²) < 4.78 is 6.23. The summed E-state index contributed by atoms with van der Waals surface area (Å²) in [5, 5.41) is 3.39. The fourth-order valence-electron chi connectivity index (χ4n) is 10.4. The number of aromatic nitrogens is 4. The van der Waals surface area contributed by atoms with Gasteiger partial charge in [-0.3, -0.25) is 29.6 Å². The number of fused-ring (bicyclic) bond motifs is 4. The van der Waals surface area contributed by atoms with E-state index in [0.717, 1.165) is 133 Å². The summed E-state index contributed by atoms with van der Waals surface area (Å²) in [6, 6.07) is 19.0. The minimum Gasteiger partial charge on any atom is -0.375 e. The first-order valence-corrected chi connectivity index (χ1v) is 23.1. The number of aryl methyl sites for hydroxylation is 1. The highest BCUT2D eigenvalue weighted by atomic mass is 16.5. The number of H-pyrrole nitrogens is 1. The third-order valence-electron chi connectivity index (χ3n) is 13.8. The van der Waals surface area contributed by atoms with Crippen LogP contribution in [-0.4, -0.2) is 137 Å². The Bertz CT molecular complexity index is 2530. The highest BCUT2D eigenvalue weighted by Crippen LogP contribution is 2.37. The van der Waals surface area contributed by atoms with E-state index in [1.807, 2.05) is 17.2 Å². The van der Waals surface area contributed by atoms with E-state index in [1.54, 1.807) is 11.2 Å². The van der Waals surface area contributed by atoms with Gasteiger partial charge in [0.1, 0.15) is 17.8 Å². The molecule has 0 spiro atoms. The van der Waals surface area contributed by atoms with Crippen molar-refractivity contribution in [1.29, 1.82) is 0 Å². The summed E-state index contributed by atoms with van der Waals surface area (Å²) in [5.74, 6) is 2.12. The second kappa shape index (κ2) is 17.9. The van der Waals surface area contributed by atoms with Crippen LogP contribution in [0.15, 0.2) is 67.1 Å². The van der Waals surface area contributed by atoms with Gasteiger partial charge in [0.2, 0.25) is 11.8 Å². The predicted octanol–water partition coefficient (Wildman–Crippen LogP) is 5.68. The third kappa shape index (κ3) is 8.80. The van der Waals surface area contributed by atoms with E-state index < -0.39 is 0 Å². The summed E-state index contributed by atoms with van der Waals surface area (Å²) in [7, 11) is 0. The van der Waals surface area contributed by atoms with Crippen molar-refractivity contribution in [3.05, 3.63) is 83.8 Å². The number of pyridine rings is 1. The maximum absolute atomic E-state index is 13.0. The molecule has 1 unspecified atom stereocenters. The Labute approximate surface area is 374 Å². The number of nitrogens with one attached hydrogen (secondary N) is 2. The van der Waals surface area contributed by atoms with E-state index in [2.05, 4.69) is 104 Å². The molecule has 0 bridgehead atoms. The number of nitrogens with zero attached hydrogens (tertiary/aromatic N) is 9. The molecule has 2 atom stereocenters.